The Morgan fingerprint density at radius 2 is 1.45 bits per heavy atom. The number of piperidine rings is 6. The number of hydrogen-bond donors (Lipinski definition) is 1. The molecule has 0 radical (unpaired) electrons. The molecule has 6 saturated heterocycles. The van der Waals surface area contributed by atoms with E-state index in [9.17, 15) is 9.90 Å². The van der Waals surface area contributed by atoms with E-state index in [-0.39, 0.29) is 21.0 Å². The van der Waals surface area contributed by atoms with Gasteiger partial charge in [-0.05, 0) is 57.8 Å². The zero-order valence-electron chi connectivity index (χ0n) is 11.1. The van der Waals surface area contributed by atoms with E-state index < -0.39 is 0 Å². The maximum atomic E-state index is 11.0. The number of ketones is 1. The summed E-state index contributed by atoms with van der Waals surface area (Å²) < 4.78 is 0. The summed E-state index contributed by atoms with van der Waals surface area (Å²) in [6.45, 7) is 6.45. The summed E-state index contributed by atoms with van der Waals surface area (Å²) in [6, 6.07) is 0. The summed E-state index contributed by atoms with van der Waals surface area (Å²) in [4.78, 5) is 15.6. The van der Waals surface area contributed by atoms with Gasteiger partial charge in [-0.2, -0.15) is 0 Å². The standard InChI is InChI=1S/C7H13NO.C7H11NO.2CH4/c2*9-7-5-8-3-1-6(7)2-4-8;;/h6-7,9H,1-5H2;6H,1-5H2;2*1H4/t7-;;;/m0.../s1. The number of aliphatic hydroxyl groups is 1. The molecule has 1 N–H and O–H groups in total. The lowest BCUT2D eigenvalue weighted by molar-refractivity contribution is -0.130. The van der Waals surface area contributed by atoms with Crippen molar-refractivity contribution in [1.29, 1.82) is 0 Å². The van der Waals surface area contributed by atoms with Crippen LogP contribution >= 0.6 is 0 Å². The topological polar surface area (TPSA) is 43.8 Å². The number of hydrogen-bond acceptors (Lipinski definition) is 4. The van der Waals surface area contributed by atoms with Gasteiger partial charge in [-0.25, -0.2) is 0 Å². The van der Waals surface area contributed by atoms with E-state index >= 15 is 0 Å². The summed E-state index contributed by atoms with van der Waals surface area (Å²) in [5.74, 6) is 1.55. The molecule has 6 aliphatic heterocycles. The molecule has 4 heteroatoms. The molecule has 6 fully saturated rings. The molecule has 0 aromatic carbocycles. The number of rotatable bonds is 0. The molecule has 4 bridgehead atoms. The molecule has 0 saturated carbocycles. The van der Waals surface area contributed by atoms with Crippen molar-refractivity contribution in [3.8, 4) is 0 Å². The molecule has 4 nitrogen and oxygen atoms in total. The zero-order chi connectivity index (χ0) is 12.5. The van der Waals surface area contributed by atoms with Crippen molar-refractivity contribution in [1.82, 2.24) is 9.80 Å². The molecular formula is C16H32N2O2. The third-order valence-corrected chi connectivity index (χ3v) is 5.04. The molecule has 6 aliphatic rings. The van der Waals surface area contributed by atoms with Gasteiger partial charge in [-0.1, -0.05) is 14.9 Å². The molecule has 0 amide bonds. The third kappa shape index (κ3) is 3.80. The maximum Gasteiger partial charge on any atom is 0.149 e. The third-order valence-electron chi connectivity index (χ3n) is 5.04. The van der Waals surface area contributed by atoms with E-state index in [1.54, 1.807) is 0 Å². The van der Waals surface area contributed by atoms with Crippen LogP contribution in [0.5, 0.6) is 0 Å². The fourth-order valence-electron chi connectivity index (χ4n) is 3.70. The van der Waals surface area contributed by atoms with Crippen LogP contribution in [0, 0.1) is 11.8 Å². The molecule has 1 atom stereocenters. The lowest BCUT2D eigenvalue weighted by Crippen LogP contribution is -2.50. The van der Waals surface area contributed by atoms with Crippen molar-refractivity contribution in [3.63, 3.8) is 0 Å². The van der Waals surface area contributed by atoms with Crippen LogP contribution in [0.3, 0.4) is 0 Å². The normalized spacial score (nSPS) is 41.0. The Labute approximate surface area is 124 Å². The Balaban J connectivity index is 0.000000182. The monoisotopic (exact) mass is 284 g/mol. The molecular weight excluding hydrogens is 252 g/mol. The summed E-state index contributed by atoms with van der Waals surface area (Å²) in [7, 11) is 0. The second-order valence-corrected chi connectivity index (χ2v) is 6.22. The molecule has 6 rings (SSSR count). The molecule has 20 heavy (non-hydrogen) atoms. The van der Waals surface area contributed by atoms with Gasteiger partial charge >= 0.3 is 0 Å². The second-order valence-electron chi connectivity index (χ2n) is 6.22. The first-order valence-electron chi connectivity index (χ1n) is 7.38. The molecule has 0 aromatic rings. The number of nitrogens with zero attached hydrogens (tertiary/aromatic N) is 2. The predicted molar refractivity (Wildman–Crippen MR) is 82.8 cm³/mol. The molecule has 0 unspecified atom stereocenters. The van der Waals surface area contributed by atoms with Gasteiger partial charge < -0.3 is 10.0 Å². The number of fused-ring (bicyclic) bond motifs is 6. The second kappa shape index (κ2) is 7.53. The first kappa shape index (κ1) is 17.6. The summed E-state index contributed by atoms with van der Waals surface area (Å²) in [6.07, 6.45) is 4.69. The van der Waals surface area contributed by atoms with E-state index in [1.165, 1.54) is 25.9 Å². The van der Waals surface area contributed by atoms with E-state index in [2.05, 4.69) is 9.80 Å². The van der Waals surface area contributed by atoms with Gasteiger partial charge in [0.05, 0.1) is 12.6 Å². The number of Topliss-reactive ketones (excluding diaryl/α,β-unsaturated/α-hetero) is 1. The van der Waals surface area contributed by atoms with Crippen molar-refractivity contribution in [3.05, 3.63) is 0 Å². The van der Waals surface area contributed by atoms with E-state index in [1.807, 2.05) is 0 Å². The van der Waals surface area contributed by atoms with Crippen LogP contribution in [0.4, 0.5) is 0 Å². The Morgan fingerprint density at radius 1 is 0.900 bits per heavy atom. The van der Waals surface area contributed by atoms with Crippen LogP contribution in [-0.2, 0) is 4.79 Å². The van der Waals surface area contributed by atoms with E-state index in [0.29, 0.717) is 17.6 Å². The van der Waals surface area contributed by atoms with Gasteiger partial charge in [0.1, 0.15) is 5.78 Å². The number of carbonyl (C=O) groups is 1. The van der Waals surface area contributed by atoms with Gasteiger partial charge in [0.25, 0.3) is 0 Å². The van der Waals surface area contributed by atoms with Crippen LogP contribution in [0.25, 0.3) is 0 Å². The Kier molecular flexibility index (Phi) is 6.62. The molecule has 118 valence electrons. The minimum Gasteiger partial charge on any atom is -0.392 e. The van der Waals surface area contributed by atoms with Crippen molar-refractivity contribution >= 4 is 5.78 Å². The molecule has 0 aromatic heterocycles. The average Bonchev–Trinajstić information content (AvgIpc) is 2.41. The first-order valence-corrected chi connectivity index (χ1v) is 7.38. The summed E-state index contributed by atoms with van der Waals surface area (Å²) in [5.41, 5.74) is 0. The zero-order valence-corrected chi connectivity index (χ0v) is 11.1. The van der Waals surface area contributed by atoms with Gasteiger partial charge in [-0.3, -0.25) is 9.69 Å². The summed E-state index contributed by atoms with van der Waals surface area (Å²) in [5, 5.41) is 9.36. The van der Waals surface area contributed by atoms with Gasteiger partial charge in [0.15, 0.2) is 0 Å². The number of aliphatic hydroxyl groups excluding tert-OH is 1. The maximum absolute atomic E-state index is 11.0. The van der Waals surface area contributed by atoms with Gasteiger partial charge in [0.2, 0.25) is 0 Å². The first-order chi connectivity index (χ1) is 8.72. The lowest BCUT2D eigenvalue weighted by Gasteiger charge is -2.42. The van der Waals surface area contributed by atoms with E-state index in [0.717, 1.165) is 39.0 Å². The van der Waals surface area contributed by atoms with Crippen molar-refractivity contribution in [2.24, 2.45) is 11.8 Å². The Morgan fingerprint density at radius 3 is 1.65 bits per heavy atom. The van der Waals surface area contributed by atoms with Gasteiger partial charge in [-0.15, -0.1) is 0 Å². The quantitative estimate of drug-likeness (QED) is 0.734. The molecule has 0 aliphatic carbocycles. The highest BCUT2D eigenvalue weighted by atomic mass is 16.3. The fourth-order valence-corrected chi connectivity index (χ4v) is 3.70. The highest BCUT2D eigenvalue weighted by molar-refractivity contribution is 5.84. The van der Waals surface area contributed by atoms with Crippen LogP contribution in [0.15, 0.2) is 0 Å². The van der Waals surface area contributed by atoms with Crippen LogP contribution in [0.2, 0.25) is 0 Å². The molecule has 6 heterocycles. The van der Waals surface area contributed by atoms with Crippen molar-refractivity contribution < 1.29 is 9.90 Å². The van der Waals surface area contributed by atoms with Crippen LogP contribution < -0.4 is 0 Å². The summed E-state index contributed by atoms with van der Waals surface area (Å²) >= 11 is 0. The van der Waals surface area contributed by atoms with Crippen molar-refractivity contribution in [2.45, 2.75) is 46.6 Å². The average molecular weight is 284 g/mol. The molecule has 0 spiro atoms. The predicted octanol–water partition coefficient (Wildman–Crippen LogP) is 1.63. The SMILES string of the molecule is C.C.O=C1CN2CCC1CC2.O[C@H]1CN2CCC1CC2. The highest BCUT2D eigenvalue weighted by Gasteiger charge is 2.32. The largest absolute Gasteiger partial charge is 0.392 e. The Bertz CT molecular complexity index is 306. The van der Waals surface area contributed by atoms with E-state index in [4.69, 9.17) is 0 Å². The Hall–Kier alpha value is -0.450. The lowest BCUT2D eigenvalue weighted by atomic mass is 9.86. The highest BCUT2D eigenvalue weighted by Crippen LogP contribution is 2.27. The van der Waals surface area contributed by atoms with Gasteiger partial charge in [0, 0.05) is 12.5 Å². The fraction of sp³-hybridized carbons (Fsp3) is 0.938. The van der Waals surface area contributed by atoms with Crippen molar-refractivity contribution in [2.75, 3.05) is 39.3 Å². The number of carbonyl (C=O) groups excluding carboxylic acids is 1. The minimum atomic E-state index is -0.00694. The van der Waals surface area contributed by atoms with Crippen LogP contribution in [-0.4, -0.2) is 66.1 Å². The minimum absolute atomic E-state index is 0. The van der Waals surface area contributed by atoms with Crippen LogP contribution in [0.1, 0.15) is 40.5 Å². The smallest absolute Gasteiger partial charge is 0.149 e.